The Hall–Kier alpha value is -1.96. The number of benzene rings is 1. The van der Waals surface area contributed by atoms with Gasteiger partial charge in [-0.3, -0.25) is 19.7 Å². The van der Waals surface area contributed by atoms with Gasteiger partial charge in [0.05, 0.1) is 10.6 Å². The van der Waals surface area contributed by atoms with Gasteiger partial charge in [-0.2, -0.15) is 4.39 Å². The number of hydrogen-bond acceptors (Lipinski definition) is 5. The van der Waals surface area contributed by atoms with Crippen molar-refractivity contribution in [2.45, 2.75) is 13.3 Å². The van der Waals surface area contributed by atoms with E-state index in [0.29, 0.717) is 18.0 Å². The second-order valence-electron chi connectivity index (χ2n) is 4.77. The van der Waals surface area contributed by atoms with Crippen LogP contribution in [0.5, 0.6) is 0 Å². The Labute approximate surface area is 124 Å². The van der Waals surface area contributed by atoms with E-state index in [0.717, 1.165) is 23.9 Å². The van der Waals surface area contributed by atoms with Crippen LogP contribution in [-0.2, 0) is 9.59 Å². The molecule has 1 heterocycles. The van der Waals surface area contributed by atoms with E-state index in [9.17, 15) is 24.1 Å². The van der Waals surface area contributed by atoms with E-state index in [1.165, 1.54) is 17.9 Å². The number of nitrogens with zero attached hydrogens (tertiary/aromatic N) is 2. The van der Waals surface area contributed by atoms with Crippen LogP contribution in [-0.4, -0.2) is 28.2 Å². The number of carbonyl (C=O) groups is 2. The summed E-state index contributed by atoms with van der Waals surface area (Å²) in [5.74, 6) is -0.569. The standard InChI is InChI=1S/C13H13FN2O4S/c1-8(17)21-7-9-4-13(18)15(6-9)10-2-3-11(14)12(5-10)16(19)20/h2-3,5,9H,4,6-7H2,1H3. The molecule has 112 valence electrons. The molecule has 1 saturated heterocycles. The van der Waals surface area contributed by atoms with E-state index in [4.69, 9.17) is 0 Å². The normalized spacial score (nSPS) is 18.1. The average molecular weight is 312 g/mol. The third-order valence-corrected chi connectivity index (χ3v) is 4.21. The molecule has 0 N–H and O–H groups in total. The molecule has 1 fully saturated rings. The lowest BCUT2D eigenvalue weighted by Gasteiger charge is -2.16. The maximum absolute atomic E-state index is 13.3. The van der Waals surface area contributed by atoms with Gasteiger partial charge in [0.15, 0.2) is 5.12 Å². The summed E-state index contributed by atoms with van der Waals surface area (Å²) in [7, 11) is 0. The summed E-state index contributed by atoms with van der Waals surface area (Å²) in [6.07, 6.45) is 0.283. The molecule has 1 aliphatic heterocycles. The van der Waals surface area contributed by atoms with Crippen molar-refractivity contribution in [2.24, 2.45) is 5.92 Å². The molecule has 1 unspecified atom stereocenters. The van der Waals surface area contributed by atoms with Crippen LogP contribution in [0.1, 0.15) is 13.3 Å². The molecule has 2 rings (SSSR count). The third kappa shape index (κ3) is 3.57. The average Bonchev–Trinajstić information content (AvgIpc) is 2.78. The minimum absolute atomic E-state index is 0.00973. The molecule has 1 aromatic rings. The summed E-state index contributed by atoms with van der Waals surface area (Å²) in [5, 5.41) is 10.7. The van der Waals surface area contributed by atoms with Crippen LogP contribution in [0.25, 0.3) is 0 Å². The summed E-state index contributed by atoms with van der Waals surface area (Å²) in [4.78, 5) is 34.2. The van der Waals surface area contributed by atoms with Crippen molar-refractivity contribution in [2.75, 3.05) is 17.2 Å². The molecule has 0 aromatic heterocycles. The molecule has 0 saturated carbocycles. The van der Waals surface area contributed by atoms with Gasteiger partial charge in [-0.15, -0.1) is 0 Å². The van der Waals surface area contributed by atoms with E-state index in [2.05, 4.69) is 0 Å². The molecular weight excluding hydrogens is 299 g/mol. The number of hydrogen-bond donors (Lipinski definition) is 0. The van der Waals surface area contributed by atoms with Gasteiger partial charge >= 0.3 is 5.69 Å². The van der Waals surface area contributed by atoms with Gasteiger partial charge in [0.25, 0.3) is 0 Å². The molecule has 1 atom stereocenters. The number of thioether (sulfide) groups is 1. The van der Waals surface area contributed by atoms with Gasteiger partial charge in [0.1, 0.15) is 0 Å². The maximum atomic E-state index is 13.3. The first kappa shape index (κ1) is 15.4. The van der Waals surface area contributed by atoms with Gasteiger partial charge < -0.3 is 4.90 Å². The summed E-state index contributed by atoms with van der Waals surface area (Å²) >= 11 is 1.15. The second kappa shape index (κ2) is 6.21. The predicted octanol–water partition coefficient (Wildman–Crippen LogP) is 2.37. The fourth-order valence-electron chi connectivity index (χ4n) is 2.19. The zero-order valence-electron chi connectivity index (χ0n) is 11.2. The number of halogens is 1. The largest absolute Gasteiger partial charge is 0.312 e. The van der Waals surface area contributed by atoms with E-state index in [1.54, 1.807) is 0 Å². The number of amides is 1. The van der Waals surface area contributed by atoms with Crippen LogP contribution in [0, 0.1) is 21.8 Å². The lowest BCUT2D eigenvalue weighted by atomic mass is 10.1. The Balaban J connectivity index is 2.15. The topological polar surface area (TPSA) is 80.5 Å². The Bertz CT molecular complexity index is 608. The molecule has 21 heavy (non-hydrogen) atoms. The summed E-state index contributed by atoms with van der Waals surface area (Å²) in [5.41, 5.74) is -0.342. The van der Waals surface area contributed by atoms with Crippen LogP contribution in [0.2, 0.25) is 0 Å². The molecule has 1 aromatic carbocycles. The van der Waals surface area contributed by atoms with Crippen molar-refractivity contribution in [3.8, 4) is 0 Å². The Kier molecular flexibility index (Phi) is 4.56. The van der Waals surface area contributed by atoms with Crippen molar-refractivity contribution in [3.63, 3.8) is 0 Å². The first-order valence-electron chi connectivity index (χ1n) is 6.26. The highest BCUT2D eigenvalue weighted by atomic mass is 32.2. The number of nitro groups is 1. The number of carbonyl (C=O) groups excluding carboxylic acids is 2. The van der Waals surface area contributed by atoms with Gasteiger partial charge in [-0.1, -0.05) is 11.8 Å². The number of nitro benzene ring substituents is 1. The molecular formula is C13H13FN2O4S. The maximum Gasteiger partial charge on any atom is 0.306 e. The second-order valence-corrected chi connectivity index (χ2v) is 5.97. The first-order chi connectivity index (χ1) is 9.88. The lowest BCUT2D eigenvalue weighted by Crippen LogP contribution is -2.24. The molecule has 0 radical (unpaired) electrons. The number of anilines is 1. The van der Waals surface area contributed by atoms with Gasteiger partial charge in [-0.05, 0) is 18.1 Å². The van der Waals surface area contributed by atoms with Crippen molar-refractivity contribution >= 4 is 34.2 Å². The lowest BCUT2D eigenvalue weighted by molar-refractivity contribution is -0.387. The minimum atomic E-state index is -0.931. The van der Waals surface area contributed by atoms with Gasteiger partial charge in [-0.25, -0.2) is 0 Å². The predicted molar refractivity (Wildman–Crippen MR) is 76.7 cm³/mol. The summed E-state index contributed by atoms with van der Waals surface area (Å²) in [6, 6.07) is 3.40. The van der Waals surface area contributed by atoms with Crippen LogP contribution in [0.3, 0.4) is 0 Å². The summed E-state index contributed by atoms with van der Waals surface area (Å²) < 4.78 is 13.3. The SMILES string of the molecule is CC(=O)SCC1CC(=O)N(c2ccc(F)c([N+](=O)[O-])c2)C1. The Morgan fingerprint density at radius 1 is 1.57 bits per heavy atom. The fraction of sp³-hybridized carbons (Fsp3) is 0.385. The smallest absolute Gasteiger partial charge is 0.306 e. The van der Waals surface area contributed by atoms with Crippen LogP contribution in [0.15, 0.2) is 18.2 Å². The Morgan fingerprint density at radius 2 is 2.29 bits per heavy atom. The van der Waals surface area contributed by atoms with Crippen molar-refractivity contribution < 1.29 is 18.9 Å². The molecule has 0 aliphatic carbocycles. The molecule has 8 heteroatoms. The minimum Gasteiger partial charge on any atom is -0.312 e. The highest BCUT2D eigenvalue weighted by Crippen LogP contribution is 2.30. The van der Waals surface area contributed by atoms with E-state index in [-0.39, 0.29) is 23.4 Å². The van der Waals surface area contributed by atoms with Crippen LogP contribution in [0.4, 0.5) is 15.8 Å². The highest BCUT2D eigenvalue weighted by molar-refractivity contribution is 8.13. The van der Waals surface area contributed by atoms with Gasteiger partial charge in [0.2, 0.25) is 11.7 Å². The molecule has 1 amide bonds. The highest BCUT2D eigenvalue weighted by Gasteiger charge is 2.32. The molecule has 0 spiro atoms. The van der Waals surface area contributed by atoms with Gasteiger partial charge in [0, 0.05) is 31.7 Å². The molecule has 1 aliphatic rings. The molecule has 0 bridgehead atoms. The first-order valence-corrected chi connectivity index (χ1v) is 7.24. The zero-order chi connectivity index (χ0) is 15.6. The van der Waals surface area contributed by atoms with E-state index < -0.39 is 16.4 Å². The quantitative estimate of drug-likeness (QED) is 0.630. The molecule has 6 nitrogen and oxygen atoms in total. The van der Waals surface area contributed by atoms with Crippen molar-refractivity contribution in [3.05, 3.63) is 34.1 Å². The van der Waals surface area contributed by atoms with E-state index >= 15 is 0 Å². The van der Waals surface area contributed by atoms with Crippen molar-refractivity contribution in [1.82, 2.24) is 0 Å². The zero-order valence-corrected chi connectivity index (χ0v) is 12.1. The monoisotopic (exact) mass is 312 g/mol. The van der Waals surface area contributed by atoms with E-state index in [1.807, 2.05) is 0 Å². The summed E-state index contributed by atoms with van der Waals surface area (Å²) in [6.45, 7) is 1.84. The van der Waals surface area contributed by atoms with Crippen LogP contribution >= 0.6 is 11.8 Å². The van der Waals surface area contributed by atoms with Crippen LogP contribution < -0.4 is 4.90 Å². The van der Waals surface area contributed by atoms with Crippen molar-refractivity contribution in [1.29, 1.82) is 0 Å². The fourth-order valence-corrected chi connectivity index (χ4v) is 2.88. The third-order valence-electron chi connectivity index (χ3n) is 3.17. The number of rotatable bonds is 4. The Morgan fingerprint density at radius 3 is 2.90 bits per heavy atom.